The molecule has 0 aliphatic heterocycles. The Morgan fingerprint density at radius 2 is 1.87 bits per heavy atom. The molecule has 0 bridgehead atoms. The van der Waals surface area contributed by atoms with Crippen LogP contribution in [0, 0.1) is 0 Å². The first-order chi connectivity index (χ1) is 7.09. The van der Waals surface area contributed by atoms with Crippen molar-refractivity contribution in [2.24, 2.45) is 5.84 Å². The van der Waals surface area contributed by atoms with E-state index in [1.807, 2.05) is 6.07 Å². The lowest BCUT2D eigenvalue weighted by Crippen LogP contribution is -2.42. The van der Waals surface area contributed by atoms with Crippen molar-refractivity contribution >= 4 is 11.9 Å². The van der Waals surface area contributed by atoms with Gasteiger partial charge in [-0.05, 0) is 5.56 Å². The summed E-state index contributed by atoms with van der Waals surface area (Å²) in [6.07, 6.45) is 0.116. The number of carboxylic acid groups (broad SMARTS) is 1. The minimum atomic E-state index is -1.13. The van der Waals surface area contributed by atoms with Gasteiger partial charge in [-0.15, -0.1) is 0 Å². The molecule has 0 heterocycles. The Hall–Kier alpha value is -1.88. The summed E-state index contributed by atoms with van der Waals surface area (Å²) in [5.74, 6) is 3.73. The maximum atomic E-state index is 11.4. The van der Waals surface area contributed by atoms with Gasteiger partial charge in [-0.3, -0.25) is 14.6 Å². The quantitative estimate of drug-likeness (QED) is 0.415. The fourth-order valence-corrected chi connectivity index (χ4v) is 1.11. The van der Waals surface area contributed by atoms with Crippen molar-refractivity contribution < 1.29 is 14.7 Å². The number of carbonyl (C=O) groups excluding carboxylic acids is 1. The lowest BCUT2D eigenvalue weighted by molar-refractivity contribution is -0.144. The van der Waals surface area contributed by atoms with Crippen molar-refractivity contribution in [1.29, 1.82) is 0 Å². The molecule has 15 heavy (non-hydrogen) atoms. The zero-order valence-electron chi connectivity index (χ0n) is 8.09. The number of hydrogen-bond acceptors (Lipinski definition) is 3. The predicted molar refractivity (Wildman–Crippen MR) is 53.7 cm³/mol. The van der Waals surface area contributed by atoms with Crippen LogP contribution in [-0.2, 0) is 16.0 Å². The van der Waals surface area contributed by atoms with E-state index in [9.17, 15) is 9.59 Å². The van der Waals surface area contributed by atoms with Crippen LogP contribution in [0.3, 0.4) is 0 Å². The van der Waals surface area contributed by atoms with E-state index >= 15 is 0 Å². The number of hydrogen-bond donors (Lipinski definition) is 2. The van der Waals surface area contributed by atoms with Crippen molar-refractivity contribution in [2.75, 3.05) is 6.54 Å². The summed E-state index contributed by atoms with van der Waals surface area (Å²) >= 11 is 0. The molecule has 0 atom stereocenters. The number of nitrogens with zero attached hydrogens (tertiary/aromatic N) is 1. The van der Waals surface area contributed by atoms with Crippen molar-refractivity contribution in [3.63, 3.8) is 0 Å². The van der Waals surface area contributed by atoms with Crippen molar-refractivity contribution in [1.82, 2.24) is 5.01 Å². The molecule has 5 heteroatoms. The minimum Gasteiger partial charge on any atom is -0.480 e. The van der Waals surface area contributed by atoms with E-state index in [1.165, 1.54) is 0 Å². The SMILES string of the molecule is NN(CC(=O)O)C(=O)Cc1ccccc1. The van der Waals surface area contributed by atoms with Crippen LogP contribution in [0.15, 0.2) is 30.3 Å². The number of benzene rings is 1. The smallest absolute Gasteiger partial charge is 0.324 e. The van der Waals surface area contributed by atoms with Crippen LogP contribution < -0.4 is 5.84 Å². The lowest BCUT2D eigenvalue weighted by Gasteiger charge is -2.13. The molecule has 0 saturated carbocycles. The number of amides is 1. The minimum absolute atomic E-state index is 0.116. The van der Waals surface area contributed by atoms with Crippen molar-refractivity contribution in [3.8, 4) is 0 Å². The average molecular weight is 208 g/mol. The lowest BCUT2D eigenvalue weighted by atomic mass is 10.1. The van der Waals surface area contributed by atoms with Gasteiger partial charge in [0, 0.05) is 0 Å². The van der Waals surface area contributed by atoms with Gasteiger partial charge in [0.1, 0.15) is 6.54 Å². The Bertz CT molecular complexity index is 351. The molecule has 0 spiro atoms. The number of carboxylic acids is 1. The summed E-state index contributed by atoms with van der Waals surface area (Å²) in [4.78, 5) is 21.7. The van der Waals surface area contributed by atoms with E-state index in [0.29, 0.717) is 5.01 Å². The van der Waals surface area contributed by atoms with Crippen LogP contribution in [0.25, 0.3) is 0 Å². The summed E-state index contributed by atoms with van der Waals surface area (Å²) in [6.45, 7) is -0.480. The molecule has 0 unspecified atom stereocenters. The molecule has 0 fully saturated rings. The van der Waals surface area contributed by atoms with Gasteiger partial charge >= 0.3 is 5.97 Å². The standard InChI is InChI=1S/C10H12N2O3/c11-12(7-10(14)15)9(13)6-8-4-2-1-3-5-8/h1-5H,6-7,11H2,(H,14,15). The largest absolute Gasteiger partial charge is 0.480 e. The Labute approximate surface area is 87.1 Å². The Kier molecular flexibility index (Phi) is 3.82. The van der Waals surface area contributed by atoms with E-state index in [-0.39, 0.29) is 6.42 Å². The first-order valence-corrected chi connectivity index (χ1v) is 4.40. The van der Waals surface area contributed by atoms with Gasteiger partial charge in [0.05, 0.1) is 6.42 Å². The monoisotopic (exact) mass is 208 g/mol. The van der Waals surface area contributed by atoms with Gasteiger partial charge in [-0.25, -0.2) is 5.84 Å². The Morgan fingerprint density at radius 3 is 2.40 bits per heavy atom. The maximum absolute atomic E-state index is 11.4. The zero-order chi connectivity index (χ0) is 11.3. The number of aliphatic carboxylic acids is 1. The van der Waals surface area contributed by atoms with E-state index < -0.39 is 18.4 Å². The normalized spacial score (nSPS) is 9.67. The van der Waals surface area contributed by atoms with Crippen LogP contribution in [0.5, 0.6) is 0 Å². The van der Waals surface area contributed by atoms with Crippen molar-refractivity contribution in [3.05, 3.63) is 35.9 Å². The molecule has 0 aromatic heterocycles. The molecular formula is C10H12N2O3. The maximum Gasteiger partial charge on any atom is 0.324 e. The van der Waals surface area contributed by atoms with Gasteiger partial charge in [-0.1, -0.05) is 30.3 Å². The van der Waals surface area contributed by atoms with Crippen molar-refractivity contribution in [2.45, 2.75) is 6.42 Å². The highest BCUT2D eigenvalue weighted by Crippen LogP contribution is 2.00. The molecule has 1 aromatic rings. The van der Waals surface area contributed by atoms with Gasteiger partial charge in [0.15, 0.2) is 0 Å². The Morgan fingerprint density at radius 1 is 1.27 bits per heavy atom. The van der Waals surface area contributed by atoms with E-state index in [2.05, 4.69) is 0 Å². The molecule has 80 valence electrons. The molecule has 1 aromatic carbocycles. The molecule has 0 aliphatic rings. The fourth-order valence-electron chi connectivity index (χ4n) is 1.11. The van der Waals surface area contributed by atoms with Crippen LogP contribution in [0.4, 0.5) is 0 Å². The number of hydrazine groups is 1. The molecule has 3 N–H and O–H groups in total. The zero-order valence-corrected chi connectivity index (χ0v) is 8.09. The highest BCUT2D eigenvalue weighted by Gasteiger charge is 2.12. The van der Waals surface area contributed by atoms with Gasteiger partial charge in [0.2, 0.25) is 5.91 Å². The van der Waals surface area contributed by atoms with Gasteiger partial charge < -0.3 is 5.11 Å². The van der Waals surface area contributed by atoms with Crippen LogP contribution >= 0.6 is 0 Å². The highest BCUT2D eigenvalue weighted by molar-refractivity contribution is 5.82. The number of nitrogens with two attached hydrogens (primary N) is 1. The summed E-state index contributed by atoms with van der Waals surface area (Å²) in [5.41, 5.74) is 0.809. The summed E-state index contributed by atoms with van der Waals surface area (Å²) in [6, 6.07) is 9.02. The fraction of sp³-hybridized carbons (Fsp3) is 0.200. The molecule has 0 saturated heterocycles. The molecule has 0 radical (unpaired) electrons. The van der Waals surface area contributed by atoms with E-state index in [1.54, 1.807) is 24.3 Å². The molecule has 1 rings (SSSR count). The second kappa shape index (κ2) is 5.11. The number of carbonyl (C=O) groups is 2. The first kappa shape index (κ1) is 11.2. The van der Waals surface area contributed by atoms with E-state index in [4.69, 9.17) is 10.9 Å². The topological polar surface area (TPSA) is 83.6 Å². The predicted octanol–water partition coefficient (Wildman–Crippen LogP) is 0.0160. The molecule has 1 amide bonds. The third-order valence-corrected chi connectivity index (χ3v) is 1.82. The average Bonchev–Trinajstić information content (AvgIpc) is 2.18. The van der Waals surface area contributed by atoms with Crippen LogP contribution in [0.2, 0.25) is 0 Å². The third-order valence-electron chi connectivity index (χ3n) is 1.82. The first-order valence-electron chi connectivity index (χ1n) is 4.40. The van der Waals surface area contributed by atoms with Crippen LogP contribution in [-0.4, -0.2) is 28.5 Å². The second-order valence-electron chi connectivity index (χ2n) is 3.08. The molecule has 5 nitrogen and oxygen atoms in total. The van der Waals surface area contributed by atoms with Crippen LogP contribution in [0.1, 0.15) is 5.56 Å². The Balaban J connectivity index is 2.52. The summed E-state index contributed by atoms with van der Waals surface area (Å²) in [5, 5.41) is 9.13. The van der Waals surface area contributed by atoms with Gasteiger partial charge in [0.25, 0.3) is 0 Å². The molecule has 0 aliphatic carbocycles. The summed E-state index contributed by atoms with van der Waals surface area (Å²) in [7, 11) is 0. The number of rotatable bonds is 4. The van der Waals surface area contributed by atoms with Gasteiger partial charge in [-0.2, -0.15) is 0 Å². The second-order valence-corrected chi connectivity index (χ2v) is 3.08. The molecular weight excluding hydrogens is 196 g/mol. The third kappa shape index (κ3) is 3.78. The highest BCUT2D eigenvalue weighted by atomic mass is 16.4. The van der Waals surface area contributed by atoms with E-state index in [0.717, 1.165) is 5.56 Å². The summed E-state index contributed by atoms with van der Waals surface area (Å²) < 4.78 is 0.